The molecule has 0 atom stereocenters. The molecule has 0 fully saturated rings. The summed E-state index contributed by atoms with van der Waals surface area (Å²) in [5, 5.41) is 6.45. The molecule has 166 valence electrons. The van der Waals surface area contributed by atoms with Crippen molar-refractivity contribution in [2.45, 2.75) is 13.8 Å². The molecule has 2 aromatic carbocycles. The monoisotopic (exact) mass is 475 g/mol. The third-order valence-electron chi connectivity index (χ3n) is 4.16. The number of pyridine rings is 1. The Kier molecular flexibility index (Phi) is 7.50. The zero-order valence-electron chi connectivity index (χ0n) is 17.2. The van der Waals surface area contributed by atoms with E-state index >= 15 is 0 Å². The van der Waals surface area contributed by atoms with Crippen LogP contribution >= 0.6 is 23.2 Å². The number of ether oxygens (including phenoxy) is 2. The summed E-state index contributed by atoms with van der Waals surface area (Å²) in [4.78, 5) is 39.5. The van der Waals surface area contributed by atoms with Gasteiger partial charge >= 0.3 is 5.97 Å². The van der Waals surface area contributed by atoms with Gasteiger partial charge in [0, 0.05) is 29.4 Å². The highest BCUT2D eigenvalue weighted by Crippen LogP contribution is 2.37. The number of carbonyl (C=O) groups excluding carboxylic acids is 3. The van der Waals surface area contributed by atoms with Gasteiger partial charge in [-0.1, -0.05) is 23.2 Å². The first kappa shape index (κ1) is 23.3. The lowest BCUT2D eigenvalue weighted by Gasteiger charge is -2.12. The number of rotatable bonds is 7. The molecule has 0 aliphatic heterocycles. The maximum absolute atomic E-state index is 12.0. The van der Waals surface area contributed by atoms with Crippen LogP contribution in [0.3, 0.4) is 0 Å². The number of hydrogen-bond acceptors (Lipinski definition) is 6. The van der Waals surface area contributed by atoms with Gasteiger partial charge < -0.3 is 20.1 Å². The van der Waals surface area contributed by atoms with Gasteiger partial charge in [-0.05, 0) is 49.4 Å². The summed E-state index contributed by atoms with van der Waals surface area (Å²) in [6.07, 6.45) is 0. The van der Waals surface area contributed by atoms with Gasteiger partial charge in [0.25, 0.3) is 5.91 Å². The van der Waals surface area contributed by atoms with E-state index in [9.17, 15) is 14.4 Å². The van der Waals surface area contributed by atoms with Crippen LogP contribution in [-0.2, 0) is 19.1 Å². The summed E-state index contributed by atoms with van der Waals surface area (Å²) in [5.74, 6) is -1.28. The second-order valence-corrected chi connectivity index (χ2v) is 7.59. The Bertz CT molecular complexity index is 1180. The van der Waals surface area contributed by atoms with Crippen LogP contribution < -0.4 is 15.4 Å². The number of anilines is 2. The van der Waals surface area contributed by atoms with Crippen molar-refractivity contribution in [2.24, 2.45) is 0 Å². The third kappa shape index (κ3) is 6.09. The van der Waals surface area contributed by atoms with E-state index in [4.69, 9.17) is 32.7 Å². The first-order chi connectivity index (χ1) is 15.2. The predicted molar refractivity (Wildman–Crippen MR) is 122 cm³/mol. The number of esters is 1. The van der Waals surface area contributed by atoms with Crippen LogP contribution in [0.15, 0.2) is 42.5 Å². The van der Waals surface area contributed by atoms with Crippen LogP contribution in [0.4, 0.5) is 11.4 Å². The first-order valence-electron chi connectivity index (χ1n) is 9.44. The fourth-order valence-electron chi connectivity index (χ4n) is 2.78. The van der Waals surface area contributed by atoms with Gasteiger partial charge in [-0.25, -0.2) is 9.78 Å². The minimum Gasteiger partial charge on any atom is -0.478 e. The molecule has 0 aliphatic rings. The third-order valence-corrected chi connectivity index (χ3v) is 4.76. The molecular weight excluding hydrogens is 457 g/mol. The van der Waals surface area contributed by atoms with Crippen molar-refractivity contribution in [1.82, 2.24) is 4.98 Å². The fraction of sp³-hybridized carbons (Fsp3) is 0.182. The molecule has 0 saturated carbocycles. The fourth-order valence-corrected chi connectivity index (χ4v) is 3.35. The quantitative estimate of drug-likeness (QED) is 0.491. The first-order valence-corrected chi connectivity index (χ1v) is 10.2. The molecule has 2 N–H and O–H groups in total. The van der Waals surface area contributed by atoms with Crippen LogP contribution in [0.25, 0.3) is 10.9 Å². The lowest BCUT2D eigenvalue weighted by atomic mass is 10.2. The van der Waals surface area contributed by atoms with E-state index < -0.39 is 25.1 Å². The molecule has 8 nitrogen and oxygen atoms in total. The summed E-state index contributed by atoms with van der Waals surface area (Å²) in [5.41, 5.74) is 2.23. The maximum atomic E-state index is 12.0. The molecular formula is C22H19Cl2N3O5. The number of hydrogen-bond donors (Lipinski definition) is 2. The minimum atomic E-state index is -0.757. The summed E-state index contributed by atoms with van der Waals surface area (Å²) >= 11 is 12.4. The normalized spacial score (nSPS) is 10.5. The molecule has 1 aromatic heterocycles. The molecule has 0 radical (unpaired) electrons. The number of fused-ring (bicyclic) bond motifs is 1. The number of amides is 2. The minimum absolute atomic E-state index is 0.199. The Balaban J connectivity index is 1.54. The highest BCUT2D eigenvalue weighted by atomic mass is 35.5. The molecule has 10 heteroatoms. The van der Waals surface area contributed by atoms with Crippen molar-refractivity contribution < 1.29 is 23.9 Å². The molecule has 0 aliphatic carbocycles. The number of nitrogens with zero attached hydrogens (tertiary/aromatic N) is 1. The van der Waals surface area contributed by atoms with E-state index in [0.717, 1.165) is 5.69 Å². The molecule has 3 rings (SSSR count). The van der Waals surface area contributed by atoms with Crippen molar-refractivity contribution in [3.63, 3.8) is 0 Å². The summed E-state index contributed by atoms with van der Waals surface area (Å²) < 4.78 is 10.5. The van der Waals surface area contributed by atoms with Gasteiger partial charge in [0.05, 0.1) is 10.0 Å². The zero-order chi connectivity index (χ0) is 23.3. The molecule has 0 spiro atoms. The Morgan fingerprint density at radius 3 is 2.25 bits per heavy atom. The van der Waals surface area contributed by atoms with E-state index in [1.807, 2.05) is 0 Å². The molecule has 3 aromatic rings. The molecule has 2 amide bonds. The van der Waals surface area contributed by atoms with Crippen molar-refractivity contribution in [2.75, 3.05) is 23.8 Å². The standard InChI is InChI=1S/C22H19Cl2N3O5/c1-12-3-8-16-17(23)9-18(24)22(21(16)25-12)32-11-20(30)31-10-19(29)27-15-6-4-14(5-7-15)26-13(2)28/h3-9H,10-11H2,1-2H3,(H,26,28)(H,27,29). The van der Waals surface area contributed by atoms with Gasteiger partial charge in [-0.3, -0.25) is 9.59 Å². The van der Waals surface area contributed by atoms with Gasteiger partial charge in [0.15, 0.2) is 19.0 Å². The largest absolute Gasteiger partial charge is 0.478 e. The average Bonchev–Trinajstić information content (AvgIpc) is 2.73. The van der Waals surface area contributed by atoms with Crippen molar-refractivity contribution in [1.29, 1.82) is 0 Å². The van der Waals surface area contributed by atoms with Crippen LogP contribution in [0.1, 0.15) is 12.6 Å². The highest BCUT2D eigenvalue weighted by Gasteiger charge is 2.16. The van der Waals surface area contributed by atoms with Crippen molar-refractivity contribution >= 4 is 63.3 Å². The van der Waals surface area contributed by atoms with Gasteiger partial charge in [-0.15, -0.1) is 0 Å². The van der Waals surface area contributed by atoms with Crippen LogP contribution in [0, 0.1) is 6.92 Å². The van der Waals surface area contributed by atoms with Crippen molar-refractivity contribution in [3.8, 4) is 5.75 Å². The molecule has 0 bridgehead atoms. The zero-order valence-corrected chi connectivity index (χ0v) is 18.7. The maximum Gasteiger partial charge on any atom is 0.344 e. The number of nitrogens with one attached hydrogen (secondary N) is 2. The Morgan fingerprint density at radius 1 is 0.938 bits per heavy atom. The number of aromatic nitrogens is 1. The van der Waals surface area contributed by atoms with Crippen LogP contribution in [0.5, 0.6) is 5.75 Å². The van der Waals surface area contributed by atoms with E-state index in [-0.39, 0.29) is 16.7 Å². The predicted octanol–water partition coefficient (Wildman–Crippen LogP) is 4.37. The lowest BCUT2D eigenvalue weighted by Crippen LogP contribution is -2.23. The van der Waals surface area contributed by atoms with E-state index in [0.29, 0.717) is 27.3 Å². The number of benzene rings is 2. The van der Waals surface area contributed by atoms with E-state index in [2.05, 4.69) is 15.6 Å². The SMILES string of the molecule is CC(=O)Nc1ccc(NC(=O)COC(=O)COc2c(Cl)cc(Cl)c3ccc(C)nc23)cc1. The van der Waals surface area contributed by atoms with Crippen LogP contribution in [0.2, 0.25) is 10.0 Å². The van der Waals surface area contributed by atoms with Crippen molar-refractivity contribution in [3.05, 3.63) is 58.2 Å². The summed E-state index contributed by atoms with van der Waals surface area (Å²) in [6.45, 7) is 2.24. The highest BCUT2D eigenvalue weighted by molar-refractivity contribution is 6.39. The van der Waals surface area contributed by atoms with E-state index in [1.165, 1.54) is 13.0 Å². The van der Waals surface area contributed by atoms with Gasteiger partial charge in [0.2, 0.25) is 5.91 Å². The Morgan fingerprint density at radius 2 is 1.59 bits per heavy atom. The molecule has 1 heterocycles. The molecule has 0 unspecified atom stereocenters. The number of halogens is 2. The molecule has 0 saturated heterocycles. The average molecular weight is 476 g/mol. The smallest absolute Gasteiger partial charge is 0.344 e. The Labute approximate surface area is 193 Å². The second-order valence-electron chi connectivity index (χ2n) is 6.77. The van der Waals surface area contributed by atoms with Gasteiger partial charge in [-0.2, -0.15) is 0 Å². The topological polar surface area (TPSA) is 107 Å². The summed E-state index contributed by atoms with van der Waals surface area (Å²) in [6, 6.07) is 11.6. The lowest BCUT2D eigenvalue weighted by molar-refractivity contribution is -0.149. The molecule has 32 heavy (non-hydrogen) atoms. The number of carbonyl (C=O) groups is 3. The number of aryl methyl sites for hydroxylation is 1. The Hall–Kier alpha value is -3.36. The second kappa shape index (κ2) is 10.3. The summed E-state index contributed by atoms with van der Waals surface area (Å²) in [7, 11) is 0. The van der Waals surface area contributed by atoms with E-state index in [1.54, 1.807) is 43.3 Å². The van der Waals surface area contributed by atoms with Crippen LogP contribution in [-0.4, -0.2) is 36.0 Å². The van der Waals surface area contributed by atoms with Gasteiger partial charge in [0.1, 0.15) is 5.52 Å².